The Balaban J connectivity index is 1.53. The lowest BCUT2D eigenvalue weighted by Gasteiger charge is -2.39. The fourth-order valence-corrected chi connectivity index (χ4v) is 3.54. The lowest BCUT2D eigenvalue weighted by Crippen LogP contribution is -2.52. The molecule has 0 aromatic rings. The lowest BCUT2D eigenvalue weighted by molar-refractivity contribution is 0.0594. The van der Waals surface area contributed by atoms with E-state index in [1.165, 1.54) is 45.2 Å². The molecule has 2 rings (SSSR count). The number of piperazine rings is 1. The monoisotopic (exact) mass is 284 g/mol. The summed E-state index contributed by atoms with van der Waals surface area (Å²) in [7, 11) is 0. The summed E-state index contributed by atoms with van der Waals surface area (Å²) in [4.78, 5) is 5.00. The van der Waals surface area contributed by atoms with Gasteiger partial charge in [-0.15, -0.1) is 0 Å². The van der Waals surface area contributed by atoms with E-state index in [1.807, 2.05) is 0 Å². The Morgan fingerprint density at radius 2 is 1.90 bits per heavy atom. The molecule has 20 heavy (non-hydrogen) atoms. The van der Waals surface area contributed by atoms with E-state index in [4.69, 9.17) is 9.84 Å². The van der Waals surface area contributed by atoms with Crippen molar-refractivity contribution in [2.45, 2.75) is 45.1 Å². The van der Waals surface area contributed by atoms with Crippen molar-refractivity contribution in [3.8, 4) is 0 Å². The first-order chi connectivity index (χ1) is 9.79. The van der Waals surface area contributed by atoms with Crippen molar-refractivity contribution in [2.24, 2.45) is 5.92 Å². The highest BCUT2D eigenvalue weighted by Crippen LogP contribution is 2.21. The number of β-amino-alcohol motifs (C(OH)–C–C–N with tert-alkyl or cyclic N) is 1. The first-order valence-corrected chi connectivity index (χ1v) is 8.44. The fourth-order valence-electron chi connectivity index (χ4n) is 3.54. The summed E-state index contributed by atoms with van der Waals surface area (Å²) in [6.45, 7) is 10.1. The Morgan fingerprint density at radius 1 is 1.10 bits per heavy atom. The third kappa shape index (κ3) is 5.32. The summed E-state index contributed by atoms with van der Waals surface area (Å²) in [5.74, 6) is 0.920. The molecule has 2 fully saturated rings. The molecule has 2 aliphatic heterocycles. The highest BCUT2D eigenvalue weighted by Gasteiger charge is 2.22. The van der Waals surface area contributed by atoms with Crippen LogP contribution >= 0.6 is 0 Å². The molecule has 2 saturated heterocycles. The third-order valence-corrected chi connectivity index (χ3v) is 4.91. The van der Waals surface area contributed by atoms with E-state index in [2.05, 4.69) is 16.7 Å². The van der Waals surface area contributed by atoms with Gasteiger partial charge in [0.15, 0.2) is 0 Å². The molecule has 0 spiro atoms. The second-order valence-corrected chi connectivity index (χ2v) is 6.46. The molecule has 0 radical (unpaired) electrons. The van der Waals surface area contributed by atoms with Crippen LogP contribution < -0.4 is 0 Å². The Kier molecular flexibility index (Phi) is 7.28. The Hall–Kier alpha value is -0.160. The van der Waals surface area contributed by atoms with Gasteiger partial charge in [-0.05, 0) is 38.6 Å². The minimum atomic E-state index is 0.287. The van der Waals surface area contributed by atoms with Gasteiger partial charge in [0.2, 0.25) is 0 Å². The predicted molar refractivity (Wildman–Crippen MR) is 82.0 cm³/mol. The van der Waals surface area contributed by atoms with Gasteiger partial charge in [-0.1, -0.05) is 12.8 Å². The van der Waals surface area contributed by atoms with Crippen LogP contribution in [0, 0.1) is 5.92 Å². The summed E-state index contributed by atoms with van der Waals surface area (Å²) in [5, 5.41) is 9.04. The molecular weight excluding hydrogens is 252 g/mol. The van der Waals surface area contributed by atoms with Gasteiger partial charge in [-0.2, -0.15) is 0 Å². The van der Waals surface area contributed by atoms with Gasteiger partial charge >= 0.3 is 0 Å². The lowest BCUT2D eigenvalue weighted by atomic mass is 9.94. The quantitative estimate of drug-likeness (QED) is 0.720. The van der Waals surface area contributed by atoms with Gasteiger partial charge in [-0.25, -0.2) is 0 Å². The Bertz CT molecular complexity index is 257. The molecule has 4 nitrogen and oxygen atoms in total. The van der Waals surface area contributed by atoms with Crippen molar-refractivity contribution in [3.63, 3.8) is 0 Å². The van der Waals surface area contributed by atoms with Crippen LogP contribution in [0.1, 0.15) is 39.0 Å². The number of rotatable bonds is 7. The Labute approximate surface area is 124 Å². The normalized spacial score (nSPS) is 27.0. The van der Waals surface area contributed by atoms with Crippen LogP contribution in [0.25, 0.3) is 0 Å². The second-order valence-electron chi connectivity index (χ2n) is 6.46. The zero-order chi connectivity index (χ0) is 14.2. The highest BCUT2D eigenvalue weighted by molar-refractivity contribution is 4.78. The number of aliphatic hydroxyl groups is 1. The van der Waals surface area contributed by atoms with E-state index >= 15 is 0 Å². The van der Waals surface area contributed by atoms with Crippen LogP contribution in [0.4, 0.5) is 0 Å². The van der Waals surface area contributed by atoms with Gasteiger partial charge in [0.05, 0.1) is 6.61 Å². The zero-order valence-electron chi connectivity index (χ0n) is 13.1. The Morgan fingerprint density at radius 3 is 2.60 bits per heavy atom. The highest BCUT2D eigenvalue weighted by atomic mass is 16.5. The first-order valence-electron chi connectivity index (χ1n) is 8.44. The molecule has 0 bridgehead atoms. The van der Waals surface area contributed by atoms with Gasteiger partial charge in [0.1, 0.15) is 0 Å². The van der Waals surface area contributed by atoms with Gasteiger partial charge < -0.3 is 14.7 Å². The van der Waals surface area contributed by atoms with E-state index in [9.17, 15) is 0 Å². The van der Waals surface area contributed by atoms with Gasteiger partial charge in [0.25, 0.3) is 0 Å². The van der Waals surface area contributed by atoms with Gasteiger partial charge in [-0.3, -0.25) is 4.90 Å². The number of ether oxygens (including phenoxy) is 1. The van der Waals surface area contributed by atoms with Crippen molar-refractivity contribution in [3.05, 3.63) is 0 Å². The topological polar surface area (TPSA) is 35.9 Å². The van der Waals surface area contributed by atoms with E-state index < -0.39 is 0 Å². The van der Waals surface area contributed by atoms with Crippen molar-refractivity contribution in [2.75, 3.05) is 52.5 Å². The molecule has 2 heterocycles. The summed E-state index contributed by atoms with van der Waals surface area (Å²) in [6.07, 6.45) is 6.65. The number of hydrogen-bond donors (Lipinski definition) is 1. The van der Waals surface area contributed by atoms with Crippen LogP contribution in [-0.4, -0.2) is 73.5 Å². The van der Waals surface area contributed by atoms with Crippen molar-refractivity contribution in [1.29, 1.82) is 0 Å². The molecule has 1 N–H and O–H groups in total. The van der Waals surface area contributed by atoms with E-state index in [0.717, 1.165) is 38.8 Å². The maximum absolute atomic E-state index is 9.04. The van der Waals surface area contributed by atoms with Crippen LogP contribution in [0.15, 0.2) is 0 Å². The van der Waals surface area contributed by atoms with E-state index in [1.54, 1.807) is 0 Å². The molecular formula is C16H32N2O2. The number of aliphatic hydroxyl groups excluding tert-OH is 1. The SMILES string of the molecule is CC1CN(CCCCC2CCOCC2)CCN1CCO. The maximum atomic E-state index is 9.04. The molecule has 0 aliphatic carbocycles. The molecule has 4 heteroatoms. The predicted octanol–water partition coefficient (Wildman–Crippen LogP) is 1.58. The number of nitrogens with zero attached hydrogens (tertiary/aromatic N) is 2. The molecule has 0 saturated carbocycles. The molecule has 1 unspecified atom stereocenters. The van der Waals surface area contributed by atoms with Crippen molar-refractivity contribution in [1.82, 2.24) is 9.80 Å². The standard InChI is InChI=1S/C16H32N2O2/c1-15-14-17(8-9-18(15)10-11-19)7-3-2-4-16-5-12-20-13-6-16/h15-16,19H,2-14H2,1H3. The molecule has 0 aromatic carbocycles. The van der Waals surface area contributed by atoms with Crippen LogP contribution in [-0.2, 0) is 4.74 Å². The fraction of sp³-hybridized carbons (Fsp3) is 1.00. The van der Waals surface area contributed by atoms with E-state index in [-0.39, 0.29) is 6.61 Å². The average molecular weight is 284 g/mol. The molecule has 118 valence electrons. The van der Waals surface area contributed by atoms with Gasteiger partial charge in [0, 0.05) is 45.4 Å². The largest absolute Gasteiger partial charge is 0.395 e. The van der Waals surface area contributed by atoms with Crippen LogP contribution in [0.5, 0.6) is 0 Å². The maximum Gasteiger partial charge on any atom is 0.0558 e. The molecule has 0 amide bonds. The van der Waals surface area contributed by atoms with Crippen molar-refractivity contribution >= 4 is 0 Å². The summed E-state index contributed by atoms with van der Waals surface area (Å²) >= 11 is 0. The summed E-state index contributed by atoms with van der Waals surface area (Å²) in [6, 6.07) is 0.589. The summed E-state index contributed by atoms with van der Waals surface area (Å²) < 4.78 is 5.41. The zero-order valence-corrected chi connectivity index (χ0v) is 13.1. The number of unbranched alkanes of at least 4 members (excludes halogenated alkanes) is 1. The van der Waals surface area contributed by atoms with E-state index in [0.29, 0.717) is 6.04 Å². The third-order valence-electron chi connectivity index (χ3n) is 4.91. The first kappa shape index (κ1) is 16.2. The molecule has 1 atom stereocenters. The van der Waals surface area contributed by atoms with Crippen LogP contribution in [0.3, 0.4) is 0 Å². The van der Waals surface area contributed by atoms with Crippen LogP contribution in [0.2, 0.25) is 0 Å². The second kappa shape index (κ2) is 8.98. The number of hydrogen-bond acceptors (Lipinski definition) is 4. The van der Waals surface area contributed by atoms with Crippen molar-refractivity contribution < 1.29 is 9.84 Å². The minimum absolute atomic E-state index is 0.287. The molecule has 0 aromatic heterocycles. The smallest absolute Gasteiger partial charge is 0.0558 e. The minimum Gasteiger partial charge on any atom is -0.395 e. The average Bonchev–Trinajstić information content (AvgIpc) is 2.48. The molecule has 2 aliphatic rings. The summed E-state index contributed by atoms with van der Waals surface area (Å²) in [5.41, 5.74) is 0.